The van der Waals surface area contributed by atoms with E-state index in [4.69, 9.17) is 9.84 Å². The Kier molecular flexibility index (Phi) is 6.07. The Hall–Kier alpha value is -0.290. The van der Waals surface area contributed by atoms with Gasteiger partial charge in [-0.3, -0.25) is 0 Å². The molecule has 5 heteroatoms. The van der Waals surface area contributed by atoms with Crippen LogP contribution in [0.4, 0.5) is 13.2 Å². The number of halogens is 3. The number of aliphatic hydroxyl groups is 1. The molecule has 0 heterocycles. The van der Waals surface area contributed by atoms with E-state index in [0.717, 1.165) is 0 Å². The van der Waals surface area contributed by atoms with Crippen molar-refractivity contribution in [3.05, 3.63) is 0 Å². The molecular formula is C8H15F3O2. The molecule has 0 saturated carbocycles. The lowest BCUT2D eigenvalue weighted by Crippen LogP contribution is -2.16. The van der Waals surface area contributed by atoms with Crippen molar-refractivity contribution in [1.82, 2.24) is 0 Å². The van der Waals surface area contributed by atoms with E-state index < -0.39 is 18.7 Å². The van der Waals surface area contributed by atoms with E-state index in [1.54, 1.807) is 6.92 Å². The number of hydrogen-bond acceptors (Lipinski definition) is 2. The average Bonchev–Trinajstić information content (AvgIpc) is 1.98. The molecule has 1 N–H and O–H groups in total. The third kappa shape index (κ3) is 9.63. The summed E-state index contributed by atoms with van der Waals surface area (Å²) in [6, 6.07) is 0. The summed E-state index contributed by atoms with van der Waals surface area (Å²) in [5, 5.41) is 9.08. The third-order valence-electron chi connectivity index (χ3n) is 1.51. The van der Waals surface area contributed by atoms with Crippen LogP contribution >= 0.6 is 0 Å². The molecule has 13 heavy (non-hydrogen) atoms. The van der Waals surface area contributed by atoms with Gasteiger partial charge in [-0.05, 0) is 19.8 Å². The Morgan fingerprint density at radius 3 is 2.46 bits per heavy atom. The Labute approximate surface area is 75.7 Å². The molecular weight excluding hydrogens is 185 g/mol. The molecule has 0 aromatic heterocycles. The van der Waals surface area contributed by atoms with Crippen LogP contribution in [0, 0.1) is 0 Å². The van der Waals surface area contributed by atoms with Crippen molar-refractivity contribution < 1.29 is 23.0 Å². The molecule has 0 bridgehead atoms. The largest absolute Gasteiger partial charge is 0.391 e. The van der Waals surface area contributed by atoms with Crippen LogP contribution in [0.15, 0.2) is 0 Å². The molecule has 0 radical (unpaired) electrons. The normalized spacial score (nSPS) is 14.5. The summed E-state index contributed by atoms with van der Waals surface area (Å²) in [6.07, 6.45) is -5.64. The number of rotatable bonds is 6. The molecule has 0 saturated heterocycles. The predicted molar refractivity (Wildman–Crippen MR) is 42.4 cm³/mol. The summed E-state index contributed by atoms with van der Waals surface area (Å²) in [4.78, 5) is 0. The van der Waals surface area contributed by atoms with Crippen LogP contribution in [0.3, 0.4) is 0 Å². The first-order chi connectivity index (χ1) is 5.95. The number of aliphatic hydroxyl groups excluding tert-OH is 1. The van der Waals surface area contributed by atoms with E-state index in [1.807, 2.05) is 0 Å². The second-order valence-corrected chi connectivity index (χ2v) is 2.82. The molecule has 0 aromatic rings. The Balaban J connectivity index is 3.31. The van der Waals surface area contributed by atoms with Gasteiger partial charge in [-0.15, -0.1) is 0 Å². The van der Waals surface area contributed by atoms with E-state index in [-0.39, 0.29) is 19.4 Å². The molecule has 2 nitrogen and oxygen atoms in total. The molecule has 0 amide bonds. The zero-order valence-electron chi connectivity index (χ0n) is 7.60. The van der Waals surface area contributed by atoms with Crippen molar-refractivity contribution in [3.63, 3.8) is 0 Å². The van der Waals surface area contributed by atoms with Gasteiger partial charge in [-0.2, -0.15) is 13.2 Å². The fourth-order valence-corrected chi connectivity index (χ4v) is 0.875. The van der Waals surface area contributed by atoms with E-state index in [1.165, 1.54) is 0 Å². The van der Waals surface area contributed by atoms with Gasteiger partial charge < -0.3 is 9.84 Å². The Morgan fingerprint density at radius 2 is 2.00 bits per heavy atom. The van der Waals surface area contributed by atoms with E-state index in [9.17, 15) is 13.2 Å². The molecule has 80 valence electrons. The van der Waals surface area contributed by atoms with Crippen LogP contribution in [0.5, 0.6) is 0 Å². The van der Waals surface area contributed by atoms with Crippen molar-refractivity contribution in [3.8, 4) is 0 Å². The monoisotopic (exact) mass is 200 g/mol. The van der Waals surface area contributed by atoms with E-state index >= 15 is 0 Å². The zero-order chi connectivity index (χ0) is 10.3. The van der Waals surface area contributed by atoms with Gasteiger partial charge in [0.15, 0.2) is 0 Å². The maximum Gasteiger partial charge on any atom is 0.389 e. The van der Waals surface area contributed by atoms with Crippen LogP contribution in [0.1, 0.15) is 26.2 Å². The van der Waals surface area contributed by atoms with Crippen molar-refractivity contribution in [2.45, 2.75) is 38.5 Å². The molecule has 0 fully saturated rings. The quantitative estimate of drug-likeness (QED) is 0.711. The third-order valence-corrected chi connectivity index (χ3v) is 1.51. The summed E-state index contributed by atoms with van der Waals surface area (Å²) in [6.45, 7) is 2.35. The maximum absolute atomic E-state index is 11.6. The first-order valence-corrected chi connectivity index (χ1v) is 4.28. The first-order valence-electron chi connectivity index (χ1n) is 4.28. The lowest BCUT2D eigenvalue weighted by molar-refractivity contribution is -0.136. The SMILES string of the molecule is CCOCC(O)CCCC(F)(F)F. The minimum atomic E-state index is -4.12. The van der Waals surface area contributed by atoms with Crippen LogP contribution in [0.2, 0.25) is 0 Å². The molecule has 0 rings (SSSR count). The predicted octanol–water partition coefficient (Wildman–Crippen LogP) is 2.12. The highest BCUT2D eigenvalue weighted by atomic mass is 19.4. The van der Waals surface area contributed by atoms with Crippen molar-refractivity contribution in [2.75, 3.05) is 13.2 Å². The Bertz CT molecular complexity index is 125. The van der Waals surface area contributed by atoms with Gasteiger partial charge in [0.2, 0.25) is 0 Å². The molecule has 0 aliphatic heterocycles. The van der Waals surface area contributed by atoms with Gasteiger partial charge in [-0.1, -0.05) is 0 Å². The molecule has 0 aromatic carbocycles. The zero-order valence-corrected chi connectivity index (χ0v) is 7.60. The maximum atomic E-state index is 11.6. The highest BCUT2D eigenvalue weighted by Gasteiger charge is 2.26. The number of ether oxygens (including phenoxy) is 1. The van der Waals surface area contributed by atoms with E-state index in [0.29, 0.717) is 6.61 Å². The molecule has 1 atom stereocenters. The summed E-state index contributed by atoms with van der Waals surface area (Å²) >= 11 is 0. The minimum Gasteiger partial charge on any atom is -0.391 e. The van der Waals surface area contributed by atoms with Gasteiger partial charge in [0, 0.05) is 13.0 Å². The summed E-state index contributed by atoms with van der Waals surface area (Å²) in [5.74, 6) is 0. The topological polar surface area (TPSA) is 29.5 Å². The lowest BCUT2D eigenvalue weighted by atomic mass is 10.1. The van der Waals surface area contributed by atoms with Gasteiger partial charge in [0.05, 0.1) is 12.7 Å². The van der Waals surface area contributed by atoms with E-state index in [2.05, 4.69) is 0 Å². The number of alkyl halides is 3. The lowest BCUT2D eigenvalue weighted by Gasteiger charge is -2.10. The van der Waals surface area contributed by atoms with Crippen LogP contribution < -0.4 is 0 Å². The minimum absolute atomic E-state index is 0.0439. The highest BCUT2D eigenvalue weighted by Crippen LogP contribution is 2.22. The first kappa shape index (κ1) is 12.7. The Morgan fingerprint density at radius 1 is 1.38 bits per heavy atom. The second-order valence-electron chi connectivity index (χ2n) is 2.82. The molecule has 0 aliphatic rings. The molecule has 1 unspecified atom stereocenters. The van der Waals surface area contributed by atoms with Crippen molar-refractivity contribution in [1.29, 1.82) is 0 Å². The van der Waals surface area contributed by atoms with Crippen molar-refractivity contribution in [2.24, 2.45) is 0 Å². The summed E-state index contributed by atoms with van der Waals surface area (Å²) in [7, 11) is 0. The van der Waals surface area contributed by atoms with Crippen LogP contribution in [-0.2, 0) is 4.74 Å². The summed E-state index contributed by atoms with van der Waals surface area (Å²) < 4.78 is 39.8. The van der Waals surface area contributed by atoms with Gasteiger partial charge >= 0.3 is 6.18 Å². The molecule has 0 aliphatic carbocycles. The highest BCUT2D eigenvalue weighted by molar-refractivity contribution is 4.57. The standard InChI is InChI=1S/C8H15F3O2/c1-2-13-6-7(12)4-3-5-8(9,10)11/h7,12H,2-6H2,1H3. The van der Waals surface area contributed by atoms with Crippen LogP contribution in [0.25, 0.3) is 0 Å². The van der Waals surface area contributed by atoms with Crippen molar-refractivity contribution >= 4 is 0 Å². The smallest absolute Gasteiger partial charge is 0.389 e. The van der Waals surface area contributed by atoms with Gasteiger partial charge in [-0.25, -0.2) is 0 Å². The van der Waals surface area contributed by atoms with Gasteiger partial charge in [0.25, 0.3) is 0 Å². The number of hydrogen-bond donors (Lipinski definition) is 1. The van der Waals surface area contributed by atoms with Crippen LogP contribution in [-0.4, -0.2) is 30.6 Å². The summed E-state index contributed by atoms with van der Waals surface area (Å²) in [5.41, 5.74) is 0. The second kappa shape index (κ2) is 6.21. The fraction of sp³-hybridized carbons (Fsp3) is 1.00. The average molecular weight is 200 g/mol. The van der Waals surface area contributed by atoms with Gasteiger partial charge in [0.1, 0.15) is 0 Å². The fourth-order valence-electron chi connectivity index (χ4n) is 0.875. The molecule has 0 spiro atoms.